The van der Waals surface area contributed by atoms with Gasteiger partial charge in [-0.1, -0.05) is 48.5 Å². The molecule has 0 bridgehead atoms. The molecular formula is C37H29N5O7S. The number of nitro benzene ring substituents is 2. The third-order valence-electron chi connectivity index (χ3n) is 7.33. The fourth-order valence-corrected chi connectivity index (χ4v) is 5.78. The van der Waals surface area contributed by atoms with Gasteiger partial charge in [-0.2, -0.15) is 0 Å². The zero-order chi connectivity index (χ0) is 35.6. The summed E-state index contributed by atoms with van der Waals surface area (Å²) in [6.07, 6.45) is 1.42. The first kappa shape index (κ1) is 34.7. The molecule has 0 aliphatic rings. The van der Waals surface area contributed by atoms with Crippen LogP contribution in [-0.4, -0.2) is 27.6 Å². The molecule has 50 heavy (non-hydrogen) atoms. The Hall–Kier alpha value is -6.60. The van der Waals surface area contributed by atoms with Crippen molar-refractivity contribution in [1.29, 1.82) is 0 Å². The summed E-state index contributed by atoms with van der Waals surface area (Å²) in [6.45, 7) is 1.68. The van der Waals surface area contributed by atoms with Crippen LogP contribution in [0.5, 0.6) is 0 Å². The molecule has 0 radical (unpaired) electrons. The van der Waals surface area contributed by atoms with Crippen molar-refractivity contribution in [2.24, 2.45) is 0 Å². The zero-order valence-corrected chi connectivity index (χ0v) is 27.3. The second kappa shape index (κ2) is 16.0. The Kier molecular flexibility index (Phi) is 11.1. The van der Waals surface area contributed by atoms with Crippen LogP contribution in [0.2, 0.25) is 0 Å². The minimum atomic E-state index is -0.685. The third-order valence-corrected chi connectivity index (χ3v) is 8.60. The second-order valence-corrected chi connectivity index (χ2v) is 12.0. The number of nitrogens with one attached hydrogen (secondary N) is 3. The van der Waals surface area contributed by atoms with E-state index in [0.29, 0.717) is 33.0 Å². The Morgan fingerprint density at radius 2 is 1.32 bits per heavy atom. The van der Waals surface area contributed by atoms with Gasteiger partial charge >= 0.3 is 0 Å². The highest BCUT2D eigenvalue weighted by atomic mass is 32.2. The Morgan fingerprint density at radius 3 is 1.92 bits per heavy atom. The Balaban J connectivity index is 1.34. The highest BCUT2D eigenvalue weighted by molar-refractivity contribution is 8.00. The fraction of sp³-hybridized carbons (Fsp3) is 0.0541. The van der Waals surface area contributed by atoms with E-state index < -0.39 is 26.9 Å². The van der Waals surface area contributed by atoms with Gasteiger partial charge in [-0.15, -0.1) is 11.8 Å². The molecule has 5 aromatic rings. The summed E-state index contributed by atoms with van der Waals surface area (Å²) in [7, 11) is 0. The lowest BCUT2D eigenvalue weighted by Crippen LogP contribution is -2.30. The summed E-state index contributed by atoms with van der Waals surface area (Å²) in [4.78, 5) is 61.9. The number of amides is 3. The van der Waals surface area contributed by atoms with E-state index in [2.05, 4.69) is 16.0 Å². The molecule has 1 atom stereocenters. The van der Waals surface area contributed by atoms with Gasteiger partial charge in [0.25, 0.3) is 23.2 Å². The van der Waals surface area contributed by atoms with Crippen molar-refractivity contribution in [3.8, 4) is 0 Å². The number of aryl methyl sites for hydroxylation is 1. The molecule has 250 valence electrons. The van der Waals surface area contributed by atoms with Crippen LogP contribution in [0.1, 0.15) is 32.3 Å². The first-order chi connectivity index (χ1) is 24.1. The molecule has 5 aromatic carbocycles. The van der Waals surface area contributed by atoms with E-state index in [0.717, 1.165) is 5.56 Å². The number of non-ortho nitro benzene ring substituents is 2. The molecule has 0 spiro atoms. The van der Waals surface area contributed by atoms with E-state index in [1.165, 1.54) is 60.3 Å². The normalized spacial score (nSPS) is 11.6. The second-order valence-electron chi connectivity index (χ2n) is 10.9. The lowest BCUT2D eigenvalue weighted by molar-refractivity contribution is -0.385. The molecule has 1 unspecified atom stereocenters. The number of anilines is 2. The van der Waals surface area contributed by atoms with Gasteiger partial charge < -0.3 is 16.0 Å². The number of benzene rings is 5. The summed E-state index contributed by atoms with van der Waals surface area (Å²) in [5.41, 5.74) is 2.65. The summed E-state index contributed by atoms with van der Waals surface area (Å²) in [6, 6.07) is 34.0. The van der Waals surface area contributed by atoms with Crippen molar-refractivity contribution >= 4 is 58.3 Å². The average molecular weight is 688 g/mol. The number of nitrogens with zero attached hydrogens (tertiary/aromatic N) is 2. The molecule has 0 fully saturated rings. The zero-order valence-electron chi connectivity index (χ0n) is 26.4. The predicted octanol–water partition coefficient (Wildman–Crippen LogP) is 7.69. The van der Waals surface area contributed by atoms with Gasteiger partial charge in [0.15, 0.2) is 0 Å². The number of hydrogen-bond donors (Lipinski definition) is 3. The maximum atomic E-state index is 13.6. The minimum Gasteiger partial charge on any atom is -0.325 e. The molecule has 0 saturated carbocycles. The van der Waals surface area contributed by atoms with Gasteiger partial charge in [0, 0.05) is 46.1 Å². The number of carbonyl (C=O) groups is 3. The number of nitro groups is 2. The molecule has 13 heteroatoms. The SMILES string of the molecule is Cc1cc([N+](=O)[O-])ccc1NC(=O)C(Sc1ccc(NC(=O)/C(=C/c2ccc([N+](=O)[O-])cc2)NC(=O)c2ccccc2)cc1)c1ccccc1. The van der Waals surface area contributed by atoms with Gasteiger partial charge in [-0.25, -0.2) is 0 Å². The number of thioether (sulfide) groups is 1. The van der Waals surface area contributed by atoms with Gasteiger partial charge in [-0.05, 0) is 84.3 Å². The smallest absolute Gasteiger partial charge is 0.272 e. The van der Waals surface area contributed by atoms with E-state index in [4.69, 9.17) is 0 Å². The molecule has 0 saturated heterocycles. The largest absolute Gasteiger partial charge is 0.325 e. The molecule has 0 aliphatic carbocycles. The standard InChI is InChI=1S/C37H29N5O7S/c1-24-22-30(42(48)49)18-21-32(24)39-37(45)34(26-8-4-2-5-9-26)50-31-19-14-28(15-20-31)38-36(44)33(40-35(43)27-10-6-3-7-11-27)23-25-12-16-29(17-13-25)41(46)47/h2-23,34H,1H3,(H,38,44)(H,39,45)(H,40,43)/b33-23-. The van der Waals surface area contributed by atoms with E-state index >= 15 is 0 Å². The first-order valence-electron chi connectivity index (χ1n) is 15.1. The maximum absolute atomic E-state index is 13.6. The lowest BCUT2D eigenvalue weighted by Gasteiger charge is -2.18. The number of rotatable bonds is 12. The molecule has 3 amide bonds. The summed E-state index contributed by atoms with van der Waals surface area (Å²) in [5, 5.41) is 29.8. The van der Waals surface area contributed by atoms with Crippen LogP contribution in [0.25, 0.3) is 6.08 Å². The Labute approximate surface area is 290 Å². The van der Waals surface area contributed by atoms with Crippen molar-refractivity contribution in [1.82, 2.24) is 5.32 Å². The summed E-state index contributed by atoms with van der Waals surface area (Å²) >= 11 is 1.28. The van der Waals surface area contributed by atoms with Crippen molar-refractivity contribution in [2.75, 3.05) is 10.6 Å². The summed E-state index contributed by atoms with van der Waals surface area (Å²) < 4.78 is 0. The van der Waals surface area contributed by atoms with E-state index in [1.54, 1.807) is 61.5 Å². The monoisotopic (exact) mass is 687 g/mol. The number of hydrogen-bond acceptors (Lipinski definition) is 8. The molecule has 5 rings (SSSR count). The van der Waals surface area contributed by atoms with Gasteiger partial charge in [-0.3, -0.25) is 34.6 Å². The van der Waals surface area contributed by atoms with Crippen LogP contribution in [0, 0.1) is 27.2 Å². The highest BCUT2D eigenvalue weighted by Crippen LogP contribution is 2.37. The molecule has 0 aliphatic heterocycles. The van der Waals surface area contributed by atoms with Crippen molar-refractivity contribution < 1.29 is 24.2 Å². The van der Waals surface area contributed by atoms with Crippen LogP contribution in [-0.2, 0) is 9.59 Å². The Morgan fingerprint density at radius 1 is 0.720 bits per heavy atom. The van der Waals surface area contributed by atoms with Crippen molar-refractivity contribution in [2.45, 2.75) is 17.1 Å². The first-order valence-corrected chi connectivity index (χ1v) is 16.0. The maximum Gasteiger partial charge on any atom is 0.272 e. The molecule has 3 N–H and O–H groups in total. The highest BCUT2D eigenvalue weighted by Gasteiger charge is 2.23. The molecule has 0 aromatic heterocycles. The lowest BCUT2D eigenvalue weighted by atomic mass is 10.1. The molecule has 0 heterocycles. The van der Waals surface area contributed by atoms with Crippen LogP contribution in [0.4, 0.5) is 22.7 Å². The topological polar surface area (TPSA) is 174 Å². The quantitative estimate of drug-likeness (QED) is 0.0518. The predicted molar refractivity (Wildman–Crippen MR) is 192 cm³/mol. The Bertz CT molecular complexity index is 2070. The molecular weight excluding hydrogens is 659 g/mol. The van der Waals surface area contributed by atoms with Gasteiger partial charge in [0.05, 0.1) is 9.85 Å². The van der Waals surface area contributed by atoms with E-state index in [-0.39, 0.29) is 23.0 Å². The fourth-order valence-electron chi connectivity index (χ4n) is 4.75. The van der Waals surface area contributed by atoms with E-state index in [1.807, 2.05) is 30.3 Å². The van der Waals surface area contributed by atoms with Crippen molar-refractivity contribution in [3.63, 3.8) is 0 Å². The van der Waals surface area contributed by atoms with Gasteiger partial charge in [0.1, 0.15) is 10.9 Å². The molecule has 12 nitrogen and oxygen atoms in total. The van der Waals surface area contributed by atoms with Crippen LogP contribution >= 0.6 is 11.8 Å². The van der Waals surface area contributed by atoms with Gasteiger partial charge in [0.2, 0.25) is 5.91 Å². The van der Waals surface area contributed by atoms with Crippen LogP contribution < -0.4 is 16.0 Å². The summed E-state index contributed by atoms with van der Waals surface area (Å²) in [5.74, 6) is -1.48. The van der Waals surface area contributed by atoms with Crippen LogP contribution in [0.15, 0.2) is 138 Å². The number of carbonyl (C=O) groups excluding carboxylic acids is 3. The van der Waals surface area contributed by atoms with E-state index in [9.17, 15) is 34.6 Å². The van der Waals surface area contributed by atoms with Crippen LogP contribution in [0.3, 0.4) is 0 Å². The van der Waals surface area contributed by atoms with Crippen molar-refractivity contribution in [3.05, 3.63) is 176 Å². The minimum absolute atomic E-state index is 0.0748. The third kappa shape index (κ3) is 9.05. The average Bonchev–Trinajstić information content (AvgIpc) is 3.12.